The summed E-state index contributed by atoms with van der Waals surface area (Å²) in [5.41, 5.74) is -0.416. The van der Waals surface area contributed by atoms with E-state index in [1.54, 1.807) is 0 Å². The van der Waals surface area contributed by atoms with Crippen LogP contribution in [0.4, 0.5) is 11.4 Å². The molecule has 128 valence electrons. The van der Waals surface area contributed by atoms with E-state index in [9.17, 15) is 23.6 Å². The van der Waals surface area contributed by atoms with Crippen molar-refractivity contribution in [3.8, 4) is 0 Å². The van der Waals surface area contributed by atoms with E-state index in [4.69, 9.17) is 5.14 Å². The van der Waals surface area contributed by atoms with E-state index >= 15 is 0 Å². The monoisotopic (exact) mass is 343 g/mol. The van der Waals surface area contributed by atoms with Gasteiger partial charge in [-0.05, 0) is 18.9 Å². The Morgan fingerprint density at radius 2 is 2.13 bits per heavy atom. The Kier molecular flexibility index (Phi) is 4.92. The van der Waals surface area contributed by atoms with Crippen LogP contribution in [-0.4, -0.2) is 31.1 Å². The second kappa shape index (κ2) is 6.42. The first-order valence-electron chi connectivity index (χ1n) is 7.36. The van der Waals surface area contributed by atoms with E-state index in [1.165, 1.54) is 12.1 Å². The number of nitro groups is 1. The molecule has 0 radical (unpaired) electrons. The predicted molar refractivity (Wildman–Crippen MR) is 85.5 cm³/mol. The van der Waals surface area contributed by atoms with Crippen molar-refractivity contribution in [2.45, 2.75) is 43.6 Å². The van der Waals surface area contributed by atoms with Crippen LogP contribution < -0.4 is 10.5 Å². The van der Waals surface area contributed by atoms with Crippen LogP contribution in [0.25, 0.3) is 0 Å². The minimum atomic E-state index is -4.04. The molecule has 2 unspecified atom stereocenters. The number of non-ortho nitro benzene ring substituents is 1. The SMILES string of the molecule is CC1(CNc2cc([N+](=O)[O-])cc(S(N)(=O)=O)c2)CCCCC1O. The molecule has 0 aliphatic heterocycles. The quantitative estimate of drug-likeness (QED) is 0.549. The van der Waals surface area contributed by atoms with Gasteiger partial charge in [-0.25, -0.2) is 13.6 Å². The zero-order valence-corrected chi connectivity index (χ0v) is 13.7. The average Bonchev–Trinajstić information content (AvgIpc) is 2.47. The highest BCUT2D eigenvalue weighted by Crippen LogP contribution is 2.36. The van der Waals surface area contributed by atoms with Gasteiger partial charge in [-0.1, -0.05) is 19.8 Å². The minimum absolute atomic E-state index is 0.294. The van der Waals surface area contributed by atoms with Crippen LogP contribution in [0.5, 0.6) is 0 Å². The van der Waals surface area contributed by atoms with Gasteiger partial charge in [-0.2, -0.15) is 0 Å². The molecule has 2 rings (SSSR count). The Hall–Kier alpha value is -1.71. The van der Waals surface area contributed by atoms with Crippen LogP contribution in [0.15, 0.2) is 23.1 Å². The van der Waals surface area contributed by atoms with Crippen LogP contribution in [0, 0.1) is 15.5 Å². The number of anilines is 1. The summed E-state index contributed by atoms with van der Waals surface area (Å²) >= 11 is 0. The van der Waals surface area contributed by atoms with Crippen LogP contribution >= 0.6 is 0 Å². The first kappa shape index (κ1) is 17.6. The lowest BCUT2D eigenvalue weighted by molar-refractivity contribution is -0.385. The number of nitro benzene ring substituents is 1. The lowest BCUT2D eigenvalue weighted by Gasteiger charge is -2.38. The normalized spacial score (nSPS) is 25.1. The summed E-state index contributed by atoms with van der Waals surface area (Å²) in [6, 6.07) is 3.45. The number of benzene rings is 1. The number of primary sulfonamides is 1. The molecule has 0 saturated heterocycles. The number of aliphatic hydroxyl groups excluding tert-OH is 1. The Balaban J connectivity index is 2.25. The lowest BCUT2D eigenvalue weighted by Crippen LogP contribution is -2.41. The van der Waals surface area contributed by atoms with Gasteiger partial charge in [0.2, 0.25) is 10.0 Å². The molecule has 1 aromatic rings. The summed E-state index contributed by atoms with van der Waals surface area (Å²) in [6.45, 7) is 2.33. The Morgan fingerprint density at radius 3 is 2.70 bits per heavy atom. The maximum absolute atomic E-state index is 11.5. The number of nitrogens with one attached hydrogen (secondary N) is 1. The van der Waals surface area contributed by atoms with Crippen molar-refractivity contribution in [2.24, 2.45) is 10.6 Å². The molecule has 0 spiro atoms. The summed E-state index contributed by atoms with van der Waals surface area (Å²) < 4.78 is 22.9. The summed E-state index contributed by atoms with van der Waals surface area (Å²) in [6.07, 6.45) is 3.07. The molecule has 1 saturated carbocycles. The van der Waals surface area contributed by atoms with E-state index in [0.717, 1.165) is 31.7 Å². The highest BCUT2D eigenvalue weighted by atomic mass is 32.2. The van der Waals surface area contributed by atoms with E-state index in [-0.39, 0.29) is 16.0 Å². The van der Waals surface area contributed by atoms with Gasteiger partial charge < -0.3 is 10.4 Å². The molecule has 23 heavy (non-hydrogen) atoms. The highest BCUT2D eigenvalue weighted by Gasteiger charge is 2.35. The number of rotatable bonds is 5. The van der Waals surface area contributed by atoms with Gasteiger partial charge in [0.1, 0.15) is 0 Å². The molecular weight excluding hydrogens is 322 g/mol. The molecule has 0 aromatic heterocycles. The molecule has 0 heterocycles. The van der Waals surface area contributed by atoms with Crippen molar-refractivity contribution in [3.63, 3.8) is 0 Å². The second-order valence-electron chi connectivity index (χ2n) is 6.29. The molecule has 1 aliphatic carbocycles. The maximum atomic E-state index is 11.5. The molecule has 1 fully saturated rings. The van der Waals surface area contributed by atoms with Gasteiger partial charge in [0, 0.05) is 29.8 Å². The van der Waals surface area contributed by atoms with E-state index in [0.29, 0.717) is 12.2 Å². The summed E-state index contributed by atoms with van der Waals surface area (Å²) in [5, 5.41) is 29.2. The van der Waals surface area contributed by atoms with Crippen molar-refractivity contribution in [1.29, 1.82) is 0 Å². The highest BCUT2D eigenvalue weighted by molar-refractivity contribution is 7.89. The first-order valence-corrected chi connectivity index (χ1v) is 8.91. The number of aliphatic hydroxyl groups is 1. The molecule has 1 aliphatic rings. The molecule has 0 amide bonds. The van der Waals surface area contributed by atoms with Gasteiger partial charge >= 0.3 is 0 Å². The fourth-order valence-electron chi connectivity index (χ4n) is 2.85. The smallest absolute Gasteiger partial charge is 0.272 e. The van der Waals surface area contributed by atoms with Gasteiger partial charge in [-0.15, -0.1) is 0 Å². The van der Waals surface area contributed by atoms with Crippen molar-refractivity contribution < 1.29 is 18.4 Å². The van der Waals surface area contributed by atoms with Gasteiger partial charge in [0.25, 0.3) is 5.69 Å². The third-order valence-corrected chi connectivity index (χ3v) is 5.30. The third-order valence-electron chi connectivity index (χ3n) is 4.41. The number of nitrogens with two attached hydrogens (primary N) is 1. The fraction of sp³-hybridized carbons (Fsp3) is 0.571. The molecule has 0 bridgehead atoms. The summed E-state index contributed by atoms with van der Waals surface area (Å²) in [7, 11) is -4.04. The number of hydrogen-bond donors (Lipinski definition) is 3. The van der Waals surface area contributed by atoms with Crippen molar-refractivity contribution in [3.05, 3.63) is 28.3 Å². The fourth-order valence-corrected chi connectivity index (χ4v) is 3.42. The number of nitrogens with zero attached hydrogens (tertiary/aromatic N) is 1. The standard InChI is InChI=1S/C14H21N3O5S/c1-14(5-3-2-4-13(14)18)9-16-10-6-11(17(19)20)8-12(7-10)23(15,21)22/h6-8,13,16,18H,2-5,9H2,1H3,(H2,15,21,22). The molecule has 4 N–H and O–H groups in total. The largest absolute Gasteiger partial charge is 0.392 e. The number of sulfonamides is 1. The van der Waals surface area contributed by atoms with Crippen LogP contribution in [0.1, 0.15) is 32.6 Å². The van der Waals surface area contributed by atoms with Gasteiger partial charge in [0.15, 0.2) is 0 Å². The van der Waals surface area contributed by atoms with E-state index < -0.39 is 21.1 Å². The van der Waals surface area contributed by atoms with Crippen LogP contribution in [0.2, 0.25) is 0 Å². The minimum Gasteiger partial charge on any atom is -0.392 e. The van der Waals surface area contributed by atoms with Crippen LogP contribution in [0.3, 0.4) is 0 Å². The lowest BCUT2D eigenvalue weighted by atomic mass is 9.73. The molecule has 1 aromatic carbocycles. The molecule has 9 heteroatoms. The topological polar surface area (TPSA) is 136 Å². The van der Waals surface area contributed by atoms with Crippen molar-refractivity contribution in [2.75, 3.05) is 11.9 Å². The van der Waals surface area contributed by atoms with Crippen LogP contribution in [-0.2, 0) is 10.0 Å². The molecular formula is C14H21N3O5S. The first-order chi connectivity index (χ1) is 10.6. The Labute approximate surface area is 134 Å². The Morgan fingerprint density at radius 1 is 1.43 bits per heavy atom. The summed E-state index contributed by atoms with van der Waals surface area (Å²) in [5.74, 6) is 0. The van der Waals surface area contributed by atoms with Crippen molar-refractivity contribution >= 4 is 21.4 Å². The zero-order valence-electron chi connectivity index (χ0n) is 12.9. The summed E-state index contributed by atoms with van der Waals surface area (Å²) in [4.78, 5) is 9.97. The van der Waals surface area contributed by atoms with Crippen molar-refractivity contribution in [1.82, 2.24) is 0 Å². The number of hydrogen-bond acceptors (Lipinski definition) is 6. The van der Waals surface area contributed by atoms with E-state index in [2.05, 4.69) is 5.32 Å². The maximum Gasteiger partial charge on any atom is 0.272 e. The predicted octanol–water partition coefficient (Wildman–Crippen LogP) is 1.60. The average molecular weight is 343 g/mol. The molecule has 2 atom stereocenters. The zero-order chi connectivity index (χ0) is 17.3. The van der Waals surface area contributed by atoms with Gasteiger partial charge in [-0.3, -0.25) is 10.1 Å². The third kappa shape index (κ3) is 4.18. The second-order valence-corrected chi connectivity index (χ2v) is 7.85. The van der Waals surface area contributed by atoms with Gasteiger partial charge in [0.05, 0.1) is 15.9 Å². The van der Waals surface area contributed by atoms with E-state index in [1.807, 2.05) is 6.92 Å². The Bertz CT molecular complexity index is 706. The molecule has 8 nitrogen and oxygen atoms in total.